The lowest BCUT2D eigenvalue weighted by Crippen LogP contribution is -2.26. The molecule has 0 bridgehead atoms. The second-order valence-corrected chi connectivity index (χ2v) is 7.43. The molecule has 1 heterocycles. The van der Waals surface area contributed by atoms with Crippen LogP contribution in [0.4, 0.5) is 13.2 Å². The highest BCUT2D eigenvalue weighted by molar-refractivity contribution is 7.09. The minimum atomic E-state index is -4.49. The van der Waals surface area contributed by atoms with E-state index in [9.17, 15) is 27.9 Å². The number of benzene rings is 2. The first-order valence-electron chi connectivity index (χ1n) is 8.66. The summed E-state index contributed by atoms with van der Waals surface area (Å²) >= 11 is 0.952. The number of carbonyl (C=O) groups is 1. The van der Waals surface area contributed by atoms with E-state index in [2.05, 4.69) is 10.3 Å². The zero-order chi connectivity index (χ0) is 21.0. The summed E-state index contributed by atoms with van der Waals surface area (Å²) in [5.74, 6) is -0.688. The molecule has 0 atom stereocenters. The van der Waals surface area contributed by atoms with Gasteiger partial charge >= 0.3 is 11.0 Å². The number of hydrogen-bond acceptors (Lipinski definition) is 4. The van der Waals surface area contributed by atoms with Gasteiger partial charge in [0, 0.05) is 18.5 Å². The second-order valence-electron chi connectivity index (χ2n) is 6.36. The van der Waals surface area contributed by atoms with Crippen molar-refractivity contribution in [2.45, 2.75) is 19.0 Å². The van der Waals surface area contributed by atoms with Crippen molar-refractivity contribution < 1.29 is 23.1 Å². The summed E-state index contributed by atoms with van der Waals surface area (Å²) in [6.45, 7) is 0.272. The van der Waals surface area contributed by atoms with Crippen molar-refractivity contribution in [3.05, 3.63) is 85.3 Å². The third-order valence-electron chi connectivity index (χ3n) is 4.24. The Morgan fingerprint density at radius 3 is 2.41 bits per heavy atom. The molecular weight excluding hydrogens is 405 g/mol. The Morgan fingerprint density at radius 2 is 1.79 bits per heavy atom. The highest BCUT2D eigenvalue weighted by atomic mass is 32.1. The van der Waals surface area contributed by atoms with Crippen molar-refractivity contribution in [2.24, 2.45) is 0 Å². The van der Waals surface area contributed by atoms with Gasteiger partial charge in [-0.15, -0.1) is 0 Å². The number of aromatic nitrogens is 1. The molecular formula is C20H17F3N2O3S. The Morgan fingerprint density at radius 1 is 1.10 bits per heavy atom. The number of H-pyrrole nitrogens is 1. The topological polar surface area (TPSA) is 82.2 Å². The molecule has 3 aromatic rings. The number of amides is 1. The van der Waals surface area contributed by atoms with E-state index in [1.54, 1.807) is 0 Å². The summed E-state index contributed by atoms with van der Waals surface area (Å²) in [5, 5.41) is 12.2. The number of hydrogen-bond donors (Lipinski definition) is 3. The Balaban J connectivity index is 1.53. The van der Waals surface area contributed by atoms with Gasteiger partial charge in [0.25, 0.3) is 5.91 Å². The molecule has 0 spiro atoms. The molecule has 0 unspecified atom stereocenters. The number of aromatic amines is 1. The van der Waals surface area contributed by atoms with Crippen LogP contribution in [-0.4, -0.2) is 22.5 Å². The minimum Gasteiger partial charge on any atom is -0.494 e. The first-order chi connectivity index (χ1) is 13.7. The first kappa shape index (κ1) is 20.7. The lowest BCUT2D eigenvalue weighted by molar-refractivity contribution is -0.137. The van der Waals surface area contributed by atoms with Crippen molar-refractivity contribution in [2.75, 3.05) is 6.54 Å². The van der Waals surface area contributed by atoms with E-state index in [-0.39, 0.29) is 22.9 Å². The fourth-order valence-corrected chi connectivity index (χ4v) is 3.50. The Hall–Kier alpha value is -3.07. The summed E-state index contributed by atoms with van der Waals surface area (Å²) in [6, 6.07) is 11.7. The van der Waals surface area contributed by atoms with Crippen molar-refractivity contribution in [3.8, 4) is 5.88 Å². The van der Waals surface area contributed by atoms with Crippen molar-refractivity contribution in [3.63, 3.8) is 0 Å². The number of carbonyl (C=O) groups excluding carboxylic acids is 1. The standard InChI is InChI=1S/C20H17F3N2O3S/c21-20(22,23)15-3-1-2-14(11-15)17(26)24-9-8-12-4-6-13(7-5-12)10-16-18(27)25-19(28)29-16/h1-7,11,27H,8-10H2,(H,24,26)(H,25,28). The van der Waals surface area contributed by atoms with Gasteiger partial charge < -0.3 is 10.4 Å². The van der Waals surface area contributed by atoms with E-state index in [0.29, 0.717) is 17.7 Å². The van der Waals surface area contributed by atoms with E-state index in [1.165, 1.54) is 12.1 Å². The molecule has 0 aliphatic carbocycles. The third-order valence-corrected chi connectivity index (χ3v) is 5.11. The summed E-state index contributed by atoms with van der Waals surface area (Å²) in [6.07, 6.45) is -3.57. The third kappa shape index (κ3) is 5.47. The zero-order valence-corrected chi connectivity index (χ0v) is 15.9. The predicted octanol–water partition coefficient (Wildman–Crippen LogP) is 3.72. The van der Waals surface area contributed by atoms with E-state index in [0.717, 1.165) is 34.6 Å². The molecule has 5 nitrogen and oxygen atoms in total. The molecule has 0 fully saturated rings. The molecule has 9 heteroatoms. The Kier molecular flexibility index (Phi) is 6.07. The minimum absolute atomic E-state index is 0.0412. The SMILES string of the molecule is O=C(NCCc1ccc(Cc2sc(=O)[nH]c2O)cc1)c1cccc(C(F)(F)F)c1. The molecule has 0 saturated heterocycles. The molecule has 1 aromatic heterocycles. The van der Waals surface area contributed by atoms with Gasteiger partial charge in [-0.3, -0.25) is 14.6 Å². The van der Waals surface area contributed by atoms with Gasteiger partial charge in [0.1, 0.15) is 0 Å². The summed E-state index contributed by atoms with van der Waals surface area (Å²) in [7, 11) is 0. The van der Waals surface area contributed by atoms with Gasteiger partial charge in [-0.05, 0) is 35.7 Å². The molecule has 0 aliphatic heterocycles. The second kappa shape index (κ2) is 8.52. The van der Waals surface area contributed by atoms with Gasteiger partial charge in [-0.2, -0.15) is 13.2 Å². The van der Waals surface area contributed by atoms with E-state index >= 15 is 0 Å². The highest BCUT2D eigenvalue weighted by Crippen LogP contribution is 2.29. The van der Waals surface area contributed by atoms with Gasteiger partial charge in [-0.1, -0.05) is 41.7 Å². The van der Waals surface area contributed by atoms with Crippen LogP contribution in [0.2, 0.25) is 0 Å². The van der Waals surface area contributed by atoms with E-state index < -0.39 is 17.6 Å². The maximum absolute atomic E-state index is 12.7. The lowest BCUT2D eigenvalue weighted by atomic mass is 10.1. The number of halogens is 3. The van der Waals surface area contributed by atoms with Crippen LogP contribution in [0.25, 0.3) is 0 Å². The lowest BCUT2D eigenvalue weighted by Gasteiger charge is -2.09. The molecule has 1 amide bonds. The van der Waals surface area contributed by atoms with Crippen LogP contribution in [0, 0.1) is 0 Å². The van der Waals surface area contributed by atoms with Crippen molar-refractivity contribution in [1.82, 2.24) is 10.3 Å². The predicted molar refractivity (Wildman–Crippen MR) is 103 cm³/mol. The molecule has 3 rings (SSSR count). The van der Waals surface area contributed by atoms with E-state index in [4.69, 9.17) is 0 Å². The number of alkyl halides is 3. The van der Waals surface area contributed by atoms with Crippen LogP contribution in [0.1, 0.15) is 31.9 Å². The van der Waals surface area contributed by atoms with Crippen LogP contribution in [0.3, 0.4) is 0 Å². The largest absolute Gasteiger partial charge is 0.494 e. The van der Waals surface area contributed by atoms with Gasteiger partial charge in [0.2, 0.25) is 5.88 Å². The Bertz CT molecular complexity index is 1060. The number of aromatic hydroxyl groups is 1. The zero-order valence-electron chi connectivity index (χ0n) is 15.0. The van der Waals surface area contributed by atoms with Gasteiger partial charge in [-0.25, -0.2) is 0 Å². The smallest absolute Gasteiger partial charge is 0.416 e. The van der Waals surface area contributed by atoms with Crippen molar-refractivity contribution >= 4 is 17.2 Å². The number of nitrogens with one attached hydrogen (secondary N) is 2. The normalized spacial score (nSPS) is 11.4. The summed E-state index contributed by atoms with van der Waals surface area (Å²) in [4.78, 5) is 25.8. The van der Waals surface area contributed by atoms with Crippen LogP contribution in [-0.2, 0) is 19.0 Å². The maximum atomic E-state index is 12.7. The van der Waals surface area contributed by atoms with E-state index in [1.807, 2.05) is 24.3 Å². The molecule has 29 heavy (non-hydrogen) atoms. The summed E-state index contributed by atoms with van der Waals surface area (Å²) < 4.78 is 38.2. The fourth-order valence-electron chi connectivity index (χ4n) is 2.74. The maximum Gasteiger partial charge on any atom is 0.416 e. The molecule has 0 aliphatic rings. The average molecular weight is 422 g/mol. The Labute approximate surface area is 167 Å². The number of rotatable bonds is 6. The van der Waals surface area contributed by atoms with Gasteiger partial charge in [0.15, 0.2) is 0 Å². The molecule has 0 saturated carbocycles. The molecule has 3 N–H and O–H groups in total. The van der Waals surface area contributed by atoms with Crippen molar-refractivity contribution in [1.29, 1.82) is 0 Å². The van der Waals surface area contributed by atoms with Gasteiger partial charge in [0.05, 0.1) is 10.4 Å². The van der Waals surface area contributed by atoms with Crippen LogP contribution < -0.4 is 10.2 Å². The average Bonchev–Trinajstić information content (AvgIpc) is 2.99. The van der Waals surface area contributed by atoms with Crippen LogP contribution >= 0.6 is 11.3 Å². The summed E-state index contributed by atoms with van der Waals surface area (Å²) in [5.41, 5.74) is 0.941. The highest BCUT2D eigenvalue weighted by Gasteiger charge is 2.30. The van der Waals surface area contributed by atoms with Crippen LogP contribution in [0.15, 0.2) is 53.3 Å². The molecule has 2 aromatic carbocycles. The molecule has 152 valence electrons. The quantitative estimate of drug-likeness (QED) is 0.566. The molecule has 0 radical (unpaired) electrons. The monoisotopic (exact) mass is 422 g/mol. The van der Waals surface area contributed by atoms with Crippen LogP contribution in [0.5, 0.6) is 5.88 Å². The fraction of sp³-hybridized carbons (Fsp3) is 0.200. The first-order valence-corrected chi connectivity index (χ1v) is 9.48. The number of thiazole rings is 1.